The monoisotopic (exact) mass is 417 g/mol. The van der Waals surface area contributed by atoms with Gasteiger partial charge >= 0.3 is 5.97 Å². The van der Waals surface area contributed by atoms with Crippen LogP contribution >= 0.6 is 0 Å². The van der Waals surface area contributed by atoms with Crippen molar-refractivity contribution in [1.82, 2.24) is 0 Å². The van der Waals surface area contributed by atoms with E-state index in [2.05, 4.69) is 23.4 Å². The van der Waals surface area contributed by atoms with Gasteiger partial charge in [-0.05, 0) is 56.4 Å². The number of carbonyl (C=O) groups is 1. The maximum Gasteiger partial charge on any atom is 0.339 e. The van der Waals surface area contributed by atoms with E-state index >= 15 is 0 Å². The fourth-order valence-corrected chi connectivity index (χ4v) is 3.81. The van der Waals surface area contributed by atoms with Gasteiger partial charge in [-0.1, -0.05) is 71.4 Å². The first-order valence-electron chi connectivity index (χ1n) is 10.9. The third-order valence-electron chi connectivity index (χ3n) is 5.20. The van der Waals surface area contributed by atoms with Crippen molar-refractivity contribution in [3.8, 4) is 0 Å². The lowest BCUT2D eigenvalue weighted by molar-refractivity contribution is 0.0301. The molecular weight excluding hydrogens is 386 g/mol. The highest BCUT2D eigenvalue weighted by Crippen LogP contribution is 2.27. The first kappa shape index (κ1) is 22.5. The number of benzene rings is 2. The first-order chi connectivity index (χ1) is 15.1. The van der Waals surface area contributed by atoms with Crippen LogP contribution in [0.25, 0.3) is 0 Å². The molecule has 1 atom stereocenters. The van der Waals surface area contributed by atoms with Gasteiger partial charge in [0.05, 0.1) is 11.3 Å². The second kappa shape index (κ2) is 11.3. The summed E-state index contributed by atoms with van der Waals surface area (Å²) in [6.45, 7) is 6.41. The number of oxime groups is 1. The molecule has 2 aromatic carbocycles. The summed E-state index contributed by atoms with van der Waals surface area (Å²) in [5, 5.41) is 4.28. The molecule has 1 heterocycles. The fourth-order valence-electron chi connectivity index (χ4n) is 3.81. The Labute approximate surface area is 185 Å². The summed E-state index contributed by atoms with van der Waals surface area (Å²) in [5.41, 5.74) is 5.33. The maximum atomic E-state index is 13.4. The normalized spacial score (nSPS) is 19.9. The minimum absolute atomic E-state index is 0.299. The molecule has 0 amide bonds. The zero-order valence-electron chi connectivity index (χ0n) is 18.6. The lowest BCUT2D eigenvalue weighted by Crippen LogP contribution is -2.16. The van der Waals surface area contributed by atoms with Crippen LogP contribution < -0.4 is 0 Å². The van der Waals surface area contributed by atoms with Gasteiger partial charge in [0, 0.05) is 12.8 Å². The predicted octanol–water partition coefficient (Wildman–Crippen LogP) is 6.43. The number of nitrogens with zero attached hydrogens (tertiary/aromatic N) is 1. The minimum Gasteiger partial charge on any atom is -0.454 e. The SMILES string of the molecule is CCON=C1C=CCC/C=C/C[C@H](c2ccccc2)OC(=O)c2c(C)cc(C)cc2C1. The number of rotatable bonds is 3. The summed E-state index contributed by atoms with van der Waals surface area (Å²) in [6, 6.07) is 14.0. The molecule has 2 aromatic rings. The molecule has 0 fully saturated rings. The third-order valence-corrected chi connectivity index (χ3v) is 5.20. The quantitative estimate of drug-likeness (QED) is 0.328. The molecule has 0 unspecified atom stereocenters. The second-order valence-electron chi connectivity index (χ2n) is 7.78. The number of hydrogen-bond acceptors (Lipinski definition) is 4. The summed E-state index contributed by atoms with van der Waals surface area (Å²) in [5.74, 6) is -0.299. The van der Waals surface area contributed by atoms with Gasteiger partial charge in [-0.15, -0.1) is 0 Å². The van der Waals surface area contributed by atoms with E-state index in [1.807, 2.05) is 69.3 Å². The van der Waals surface area contributed by atoms with Crippen LogP contribution in [0.15, 0.2) is 71.9 Å². The van der Waals surface area contributed by atoms with E-state index in [0.29, 0.717) is 25.0 Å². The zero-order valence-corrected chi connectivity index (χ0v) is 18.6. The first-order valence-corrected chi connectivity index (χ1v) is 10.9. The number of carbonyl (C=O) groups excluding carboxylic acids is 1. The van der Waals surface area contributed by atoms with Gasteiger partial charge in [-0.3, -0.25) is 0 Å². The second-order valence-corrected chi connectivity index (χ2v) is 7.78. The van der Waals surface area contributed by atoms with Crippen LogP contribution in [-0.4, -0.2) is 18.3 Å². The van der Waals surface area contributed by atoms with Gasteiger partial charge < -0.3 is 9.57 Å². The Kier molecular flexibility index (Phi) is 8.22. The molecule has 0 saturated heterocycles. The molecule has 4 heteroatoms. The number of aryl methyl sites for hydroxylation is 2. The molecule has 4 nitrogen and oxygen atoms in total. The third kappa shape index (κ3) is 6.42. The Morgan fingerprint density at radius 3 is 2.61 bits per heavy atom. The summed E-state index contributed by atoms with van der Waals surface area (Å²) in [6.07, 6.45) is 11.0. The Morgan fingerprint density at radius 2 is 1.84 bits per heavy atom. The average Bonchev–Trinajstić information content (AvgIpc) is 2.75. The van der Waals surface area contributed by atoms with Gasteiger partial charge in [-0.25, -0.2) is 4.79 Å². The zero-order chi connectivity index (χ0) is 22.1. The summed E-state index contributed by atoms with van der Waals surface area (Å²) in [7, 11) is 0. The molecule has 0 saturated carbocycles. The molecule has 31 heavy (non-hydrogen) atoms. The van der Waals surface area contributed by atoms with Crippen molar-refractivity contribution >= 4 is 11.7 Å². The van der Waals surface area contributed by atoms with Gasteiger partial charge in [0.15, 0.2) is 0 Å². The number of cyclic esters (lactones) is 1. The van der Waals surface area contributed by atoms with Crippen molar-refractivity contribution in [3.05, 3.63) is 94.6 Å². The highest BCUT2D eigenvalue weighted by molar-refractivity contribution is 6.00. The molecule has 0 N–H and O–H groups in total. The van der Waals surface area contributed by atoms with Gasteiger partial charge in [0.1, 0.15) is 12.7 Å². The minimum atomic E-state index is -0.325. The van der Waals surface area contributed by atoms with E-state index in [9.17, 15) is 4.79 Å². The van der Waals surface area contributed by atoms with Crippen LogP contribution in [0.4, 0.5) is 0 Å². The Hall–Kier alpha value is -3.14. The van der Waals surface area contributed by atoms with Crippen molar-refractivity contribution < 1.29 is 14.4 Å². The molecular formula is C27H31NO3. The van der Waals surface area contributed by atoms with Crippen LogP contribution in [0.3, 0.4) is 0 Å². The Morgan fingerprint density at radius 1 is 1.06 bits per heavy atom. The van der Waals surface area contributed by atoms with E-state index in [1.54, 1.807) is 0 Å². The van der Waals surface area contributed by atoms with Crippen molar-refractivity contribution in [1.29, 1.82) is 0 Å². The topological polar surface area (TPSA) is 47.9 Å². The van der Waals surface area contributed by atoms with E-state index in [1.165, 1.54) is 0 Å². The van der Waals surface area contributed by atoms with E-state index in [0.717, 1.165) is 40.8 Å². The predicted molar refractivity (Wildman–Crippen MR) is 125 cm³/mol. The molecule has 0 aromatic heterocycles. The van der Waals surface area contributed by atoms with Gasteiger partial charge in [-0.2, -0.15) is 0 Å². The van der Waals surface area contributed by atoms with Crippen LogP contribution in [-0.2, 0) is 16.0 Å². The molecule has 0 aliphatic carbocycles. The highest BCUT2D eigenvalue weighted by atomic mass is 16.6. The van der Waals surface area contributed by atoms with Crippen molar-refractivity contribution in [2.45, 2.75) is 52.6 Å². The van der Waals surface area contributed by atoms with Crippen molar-refractivity contribution in [2.24, 2.45) is 5.16 Å². The summed E-state index contributed by atoms with van der Waals surface area (Å²) in [4.78, 5) is 18.7. The molecule has 1 aliphatic rings. The largest absolute Gasteiger partial charge is 0.454 e. The summed E-state index contributed by atoms with van der Waals surface area (Å²) >= 11 is 0. The van der Waals surface area contributed by atoms with Crippen molar-refractivity contribution in [3.63, 3.8) is 0 Å². The number of ether oxygens (including phenoxy) is 1. The fraction of sp³-hybridized carbons (Fsp3) is 0.333. The molecule has 162 valence electrons. The van der Waals surface area contributed by atoms with E-state index in [-0.39, 0.29) is 12.1 Å². The van der Waals surface area contributed by atoms with Gasteiger partial charge in [0.2, 0.25) is 0 Å². The standard InChI is InChI=1S/C27H31NO3/c1-4-30-28-24-15-11-6-5-7-12-16-25(22-13-9-8-10-14-22)31-27(29)26-21(3)17-20(2)18-23(26)19-24/h7-15,17-18,25H,4-6,16,19H2,1-3H3/b12-7+,15-11?,28-24?/t25-/m1/s1. The van der Waals surface area contributed by atoms with Crippen LogP contribution in [0, 0.1) is 13.8 Å². The molecule has 3 rings (SSSR count). The lowest BCUT2D eigenvalue weighted by atomic mass is 9.94. The number of hydrogen-bond donors (Lipinski definition) is 0. The van der Waals surface area contributed by atoms with Crippen LogP contribution in [0.1, 0.15) is 64.9 Å². The molecule has 0 bridgehead atoms. The van der Waals surface area contributed by atoms with Crippen molar-refractivity contribution in [2.75, 3.05) is 6.61 Å². The Bertz CT molecular complexity index is 973. The van der Waals surface area contributed by atoms with Crippen LogP contribution in [0.5, 0.6) is 0 Å². The highest BCUT2D eigenvalue weighted by Gasteiger charge is 2.22. The lowest BCUT2D eigenvalue weighted by Gasteiger charge is -2.20. The molecule has 0 spiro atoms. The molecule has 0 radical (unpaired) electrons. The average molecular weight is 418 g/mol. The number of allylic oxidation sites excluding steroid dienone is 3. The smallest absolute Gasteiger partial charge is 0.339 e. The number of esters is 1. The molecule has 1 aliphatic heterocycles. The van der Waals surface area contributed by atoms with Gasteiger partial charge in [0.25, 0.3) is 0 Å². The van der Waals surface area contributed by atoms with Crippen LogP contribution in [0.2, 0.25) is 0 Å². The number of fused-ring (bicyclic) bond motifs is 1. The summed E-state index contributed by atoms with van der Waals surface area (Å²) < 4.78 is 6.07. The Balaban J connectivity index is 2.03. The van der Waals surface area contributed by atoms with E-state index in [4.69, 9.17) is 9.57 Å². The maximum absolute atomic E-state index is 13.4. The van der Waals surface area contributed by atoms with E-state index < -0.39 is 0 Å².